The van der Waals surface area contributed by atoms with Crippen molar-refractivity contribution >= 4 is 35.0 Å². The molecule has 0 radical (unpaired) electrons. The Morgan fingerprint density at radius 1 is 1.00 bits per heavy atom. The standard InChI is InChI=1S/C23H22ClN3O4/c1-2-27(14-13-21(28)26-18-9-5-16(6-10-18)22(25)29)23(30)20-12-11-19(31-20)15-3-7-17(24)8-4-15/h3-12H,2,13-14H2,1H3,(H2,25,29)(H,26,28). The van der Waals surface area contributed by atoms with E-state index in [1.165, 1.54) is 12.1 Å². The Morgan fingerprint density at radius 2 is 1.68 bits per heavy atom. The second kappa shape index (κ2) is 9.95. The number of halogens is 1. The summed E-state index contributed by atoms with van der Waals surface area (Å²) < 4.78 is 5.71. The average Bonchev–Trinajstić information content (AvgIpc) is 3.25. The van der Waals surface area contributed by atoms with E-state index in [-0.39, 0.29) is 30.5 Å². The maximum Gasteiger partial charge on any atom is 0.289 e. The van der Waals surface area contributed by atoms with Crippen LogP contribution in [0.5, 0.6) is 0 Å². The van der Waals surface area contributed by atoms with Crippen LogP contribution >= 0.6 is 11.6 Å². The first-order valence-corrected chi connectivity index (χ1v) is 10.1. The zero-order valence-corrected chi connectivity index (χ0v) is 17.7. The molecule has 0 saturated carbocycles. The molecule has 3 rings (SSSR count). The highest BCUT2D eigenvalue weighted by atomic mass is 35.5. The van der Waals surface area contributed by atoms with Crippen LogP contribution in [0.25, 0.3) is 11.3 Å². The van der Waals surface area contributed by atoms with Gasteiger partial charge in [0, 0.05) is 41.3 Å². The number of nitrogens with one attached hydrogen (secondary N) is 1. The van der Waals surface area contributed by atoms with Crippen LogP contribution in [0, 0.1) is 0 Å². The molecule has 0 saturated heterocycles. The number of amides is 3. The number of carbonyl (C=O) groups excluding carboxylic acids is 3. The number of rotatable bonds is 8. The van der Waals surface area contributed by atoms with Gasteiger partial charge < -0.3 is 20.4 Å². The van der Waals surface area contributed by atoms with Gasteiger partial charge in [0.05, 0.1) is 0 Å². The molecule has 2 aromatic carbocycles. The van der Waals surface area contributed by atoms with Crippen molar-refractivity contribution in [2.24, 2.45) is 5.73 Å². The number of benzene rings is 2. The van der Waals surface area contributed by atoms with E-state index in [4.69, 9.17) is 21.8 Å². The lowest BCUT2D eigenvalue weighted by atomic mass is 10.2. The normalized spacial score (nSPS) is 10.5. The summed E-state index contributed by atoms with van der Waals surface area (Å²) in [7, 11) is 0. The van der Waals surface area contributed by atoms with Gasteiger partial charge in [-0.25, -0.2) is 0 Å². The third-order valence-electron chi connectivity index (χ3n) is 4.68. The largest absolute Gasteiger partial charge is 0.451 e. The molecule has 3 aromatic rings. The van der Waals surface area contributed by atoms with Crippen molar-refractivity contribution in [2.45, 2.75) is 13.3 Å². The predicted molar refractivity (Wildman–Crippen MR) is 119 cm³/mol. The van der Waals surface area contributed by atoms with E-state index in [1.807, 2.05) is 19.1 Å². The number of furan rings is 1. The smallest absolute Gasteiger partial charge is 0.289 e. The second-order valence-electron chi connectivity index (χ2n) is 6.80. The van der Waals surface area contributed by atoms with Gasteiger partial charge in [0.25, 0.3) is 5.91 Å². The molecule has 1 heterocycles. The maximum atomic E-state index is 12.8. The monoisotopic (exact) mass is 439 g/mol. The van der Waals surface area contributed by atoms with Gasteiger partial charge in [-0.15, -0.1) is 0 Å². The maximum absolute atomic E-state index is 12.8. The van der Waals surface area contributed by atoms with E-state index >= 15 is 0 Å². The number of anilines is 1. The van der Waals surface area contributed by atoms with E-state index < -0.39 is 5.91 Å². The van der Waals surface area contributed by atoms with Crippen LogP contribution < -0.4 is 11.1 Å². The van der Waals surface area contributed by atoms with E-state index in [0.29, 0.717) is 28.6 Å². The Hall–Kier alpha value is -3.58. The van der Waals surface area contributed by atoms with E-state index in [2.05, 4.69) is 5.32 Å². The summed E-state index contributed by atoms with van der Waals surface area (Å²) >= 11 is 5.90. The molecule has 0 unspecified atom stereocenters. The number of carbonyl (C=O) groups is 3. The average molecular weight is 440 g/mol. The predicted octanol–water partition coefficient (Wildman–Crippen LogP) is 4.19. The minimum absolute atomic E-state index is 0.113. The lowest BCUT2D eigenvalue weighted by Crippen LogP contribution is -2.33. The highest BCUT2D eigenvalue weighted by molar-refractivity contribution is 6.30. The van der Waals surface area contributed by atoms with Gasteiger partial charge in [-0.05, 0) is 67.6 Å². The van der Waals surface area contributed by atoms with Gasteiger partial charge in [-0.2, -0.15) is 0 Å². The number of hydrogen-bond donors (Lipinski definition) is 2. The first kappa shape index (κ1) is 22.1. The van der Waals surface area contributed by atoms with E-state index in [0.717, 1.165) is 5.56 Å². The Kier molecular flexibility index (Phi) is 7.10. The molecule has 0 aliphatic heterocycles. The second-order valence-corrected chi connectivity index (χ2v) is 7.23. The van der Waals surface area contributed by atoms with Gasteiger partial charge in [0.1, 0.15) is 5.76 Å². The lowest BCUT2D eigenvalue weighted by molar-refractivity contribution is -0.116. The Balaban J connectivity index is 1.58. The fourth-order valence-electron chi connectivity index (χ4n) is 2.96. The fourth-order valence-corrected chi connectivity index (χ4v) is 3.09. The molecule has 0 spiro atoms. The Morgan fingerprint density at radius 3 is 2.29 bits per heavy atom. The number of primary amides is 1. The highest BCUT2D eigenvalue weighted by Gasteiger charge is 2.19. The molecule has 0 atom stereocenters. The zero-order valence-electron chi connectivity index (χ0n) is 16.9. The Bertz CT molecular complexity index is 1070. The summed E-state index contributed by atoms with van der Waals surface area (Å²) in [4.78, 5) is 37.7. The van der Waals surface area contributed by atoms with Crippen molar-refractivity contribution in [3.05, 3.63) is 77.0 Å². The van der Waals surface area contributed by atoms with Crippen molar-refractivity contribution in [2.75, 3.05) is 18.4 Å². The zero-order chi connectivity index (χ0) is 22.4. The fraction of sp³-hybridized carbons (Fsp3) is 0.174. The molecule has 3 N–H and O–H groups in total. The van der Waals surface area contributed by atoms with Gasteiger partial charge in [-0.1, -0.05) is 11.6 Å². The molecule has 8 heteroatoms. The van der Waals surface area contributed by atoms with Crippen molar-refractivity contribution in [1.29, 1.82) is 0 Å². The summed E-state index contributed by atoms with van der Waals surface area (Å²) in [5.41, 5.74) is 6.92. The number of hydrogen-bond acceptors (Lipinski definition) is 4. The molecule has 31 heavy (non-hydrogen) atoms. The third-order valence-corrected chi connectivity index (χ3v) is 4.93. The van der Waals surface area contributed by atoms with Crippen LogP contribution in [0.2, 0.25) is 5.02 Å². The molecule has 0 fully saturated rings. The summed E-state index contributed by atoms with van der Waals surface area (Å²) in [5.74, 6) is -0.310. The van der Waals surface area contributed by atoms with Crippen molar-refractivity contribution < 1.29 is 18.8 Å². The van der Waals surface area contributed by atoms with Gasteiger partial charge >= 0.3 is 0 Å². The van der Waals surface area contributed by atoms with Gasteiger partial charge in [-0.3, -0.25) is 14.4 Å². The van der Waals surface area contributed by atoms with Crippen LogP contribution in [0.4, 0.5) is 5.69 Å². The van der Waals surface area contributed by atoms with Gasteiger partial charge in [0.2, 0.25) is 11.8 Å². The molecular formula is C23H22ClN3O4. The topological polar surface area (TPSA) is 106 Å². The Labute approximate surface area is 184 Å². The molecule has 3 amide bonds. The van der Waals surface area contributed by atoms with Crippen LogP contribution in [0.1, 0.15) is 34.3 Å². The minimum Gasteiger partial charge on any atom is -0.451 e. The first-order chi connectivity index (χ1) is 14.9. The third kappa shape index (κ3) is 5.73. The molecule has 0 aliphatic rings. The van der Waals surface area contributed by atoms with Crippen LogP contribution in [0.3, 0.4) is 0 Å². The van der Waals surface area contributed by atoms with Crippen LogP contribution in [-0.4, -0.2) is 35.7 Å². The highest BCUT2D eigenvalue weighted by Crippen LogP contribution is 2.24. The molecule has 0 bridgehead atoms. The van der Waals surface area contributed by atoms with Crippen LogP contribution in [0.15, 0.2) is 65.1 Å². The molecule has 1 aromatic heterocycles. The first-order valence-electron chi connectivity index (χ1n) is 9.72. The molecular weight excluding hydrogens is 418 g/mol. The summed E-state index contributed by atoms with van der Waals surface area (Å²) in [6, 6.07) is 16.7. The molecule has 0 aliphatic carbocycles. The van der Waals surface area contributed by atoms with Crippen molar-refractivity contribution in [1.82, 2.24) is 4.90 Å². The quantitative estimate of drug-likeness (QED) is 0.548. The number of nitrogens with two attached hydrogens (primary N) is 1. The summed E-state index contributed by atoms with van der Waals surface area (Å²) in [5, 5.41) is 3.35. The SMILES string of the molecule is CCN(CCC(=O)Nc1ccc(C(N)=O)cc1)C(=O)c1ccc(-c2ccc(Cl)cc2)o1. The van der Waals surface area contributed by atoms with Crippen molar-refractivity contribution in [3.63, 3.8) is 0 Å². The molecule has 160 valence electrons. The van der Waals surface area contributed by atoms with Crippen LogP contribution in [-0.2, 0) is 4.79 Å². The summed E-state index contributed by atoms with van der Waals surface area (Å²) in [6.45, 7) is 2.50. The minimum atomic E-state index is -0.535. The van der Waals surface area contributed by atoms with E-state index in [9.17, 15) is 14.4 Å². The van der Waals surface area contributed by atoms with E-state index in [1.54, 1.807) is 41.3 Å². The van der Waals surface area contributed by atoms with Gasteiger partial charge in [0.15, 0.2) is 5.76 Å². The van der Waals surface area contributed by atoms with Crippen molar-refractivity contribution in [3.8, 4) is 11.3 Å². The number of nitrogens with zero attached hydrogens (tertiary/aromatic N) is 1. The molecule has 7 nitrogen and oxygen atoms in total. The summed E-state index contributed by atoms with van der Waals surface area (Å²) in [6.07, 6.45) is 0.113. The lowest BCUT2D eigenvalue weighted by Gasteiger charge is -2.19.